The Hall–Kier alpha value is -0.260. The van der Waals surface area contributed by atoms with Gasteiger partial charge in [-0.25, -0.2) is 8.78 Å². The van der Waals surface area contributed by atoms with E-state index in [1.807, 2.05) is 0 Å². The first-order chi connectivity index (χ1) is 9.20. The van der Waals surface area contributed by atoms with Crippen molar-refractivity contribution in [3.8, 4) is 0 Å². The molecule has 3 nitrogen and oxygen atoms in total. The molecule has 2 saturated heterocycles. The number of hydrogen-bond acceptors (Lipinski definition) is 3. The molecule has 2 rings (SSSR count). The molecule has 0 aromatic heterocycles. The van der Waals surface area contributed by atoms with Crippen molar-refractivity contribution in [3.63, 3.8) is 0 Å². The minimum atomic E-state index is -2.35. The Morgan fingerprint density at radius 3 is 2.53 bits per heavy atom. The third kappa shape index (κ3) is 4.36. The second kappa shape index (κ2) is 7.50. The maximum absolute atomic E-state index is 12.0. The zero-order valence-corrected chi connectivity index (χ0v) is 11.8. The number of nitrogens with zero attached hydrogens (tertiary/aromatic N) is 1. The molecule has 2 unspecified atom stereocenters. The van der Waals surface area contributed by atoms with Crippen LogP contribution in [0.2, 0.25) is 0 Å². The van der Waals surface area contributed by atoms with Crippen molar-refractivity contribution in [2.75, 3.05) is 26.3 Å². The largest absolute Gasteiger partial charge is 0.374 e. The number of piperidine rings is 2. The van der Waals surface area contributed by atoms with Crippen molar-refractivity contribution in [2.24, 2.45) is 0 Å². The summed E-state index contributed by atoms with van der Waals surface area (Å²) in [6, 6.07) is 1.87. The fraction of sp³-hybridized carbons (Fsp3) is 1.00. The Morgan fingerprint density at radius 1 is 1.26 bits per heavy atom. The van der Waals surface area contributed by atoms with Crippen molar-refractivity contribution in [1.29, 1.82) is 0 Å². The first-order valence-corrected chi connectivity index (χ1v) is 7.55. The second-order valence-electron chi connectivity index (χ2n) is 5.67. The highest BCUT2D eigenvalue weighted by molar-refractivity contribution is 4.94. The molecule has 2 fully saturated rings. The van der Waals surface area contributed by atoms with Crippen molar-refractivity contribution >= 4 is 0 Å². The Bertz CT molecular complexity index is 252. The topological polar surface area (TPSA) is 24.5 Å². The van der Waals surface area contributed by atoms with Gasteiger partial charge in [0.15, 0.2) is 0 Å². The molecule has 0 amide bonds. The summed E-state index contributed by atoms with van der Waals surface area (Å²) in [5.74, 6) is 0. The second-order valence-corrected chi connectivity index (χ2v) is 5.67. The Kier molecular flexibility index (Phi) is 5.98. The van der Waals surface area contributed by atoms with Gasteiger partial charge in [0.2, 0.25) is 0 Å². The zero-order valence-electron chi connectivity index (χ0n) is 11.8. The van der Waals surface area contributed by atoms with Gasteiger partial charge in [0, 0.05) is 24.7 Å². The van der Waals surface area contributed by atoms with E-state index in [1.165, 1.54) is 32.1 Å². The molecule has 0 aliphatic carbocycles. The van der Waals surface area contributed by atoms with Crippen LogP contribution in [0.1, 0.15) is 39.0 Å². The normalized spacial score (nSPS) is 31.9. The standard InChI is InChI=1S/C14H26F2N2O/c1-2-17-11-8-12-4-3-5-13(9-11)18(12)6-7-19-10-14(15)16/h11-14,17H,2-10H2,1H3. The van der Waals surface area contributed by atoms with Gasteiger partial charge >= 0.3 is 0 Å². The number of halogens is 2. The number of hydrogen-bond donors (Lipinski definition) is 1. The van der Waals surface area contributed by atoms with Crippen LogP contribution in [0.4, 0.5) is 8.78 Å². The van der Waals surface area contributed by atoms with Crippen LogP contribution in [0.5, 0.6) is 0 Å². The third-order valence-electron chi connectivity index (χ3n) is 4.36. The fourth-order valence-electron chi connectivity index (χ4n) is 3.64. The van der Waals surface area contributed by atoms with Crippen molar-refractivity contribution in [2.45, 2.75) is 63.6 Å². The molecule has 5 heteroatoms. The number of ether oxygens (including phenoxy) is 1. The molecule has 2 aliphatic rings. The molecule has 0 saturated carbocycles. The maximum Gasteiger partial charge on any atom is 0.261 e. The minimum absolute atomic E-state index is 0.427. The summed E-state index contributed by atoms with van der Waals surface area (Å²) < 4.78 is 29.1. The van der Waals surface area contributed by atoms with Crippen LogP contribution >= 0.6 is 0 Å². The summed E-state index contributed by atoms with van der Waals surface area (Å²) in [6.07, 6.45) is 3.83. The van der Waals surface area contributed by atoms with Gasteiger partial charge in [-0.2, -0.15) is 0 Å². The van der Waals surface area contributed by atoms with E-state index in [1.54, 1.807) is 0 Å². The Labute approximate surface area is 114 Å². The van der Waals surface area contributed by atoms with Crippen molar-refractivity contribution in [1.82, 2.24) is 10.2 Å². The van der Waals surface area contributed by atoms with Crippen LogP contribution in [-0.2, 0) is 4.74 Å². The van der Waals surface area contributed by atoms with Crippen LogP contribution in [0, 0.1) is 0 Å². The molecule has 0 radical (unpaired) electrons. The average Bonchev–Trinajstić information content (AvgIpc) is 2.35. The molecule has 2 atom stereocenters. The highest BCUT2D eigenvalue weighted by Gasteiger charge is 2.37. The lowest BCUT2D eigenvalue weighted by molar-refractivity contribution is -0.0237. The predicted molar refractivity (Wildman–Crippen MR) is 71.7 cm³/mol. The first kappa shape index (κ1) is 15.1. The van der Waals surface area contributed by atoms with Crippen LogP contribution in [0.25, 0.3) is 0 Å². The lowest BCUT2D eigenvalue weighted by Gasteiger charge is -2.49. The van der Waals surface area contributed by atoms with Gasteiger partial charge in [0.1, 0.15) is 6.61 Å². The van der Waals surface area contributed by atoms with E-state index >= 15 is 0 Å². The van der Waals surface area contributed by atoms with Crippen molar-refractivity contribution < 1.29 is 13.5 Å². The minimum Gasteiger partial charge on any atom is -0.374 e. The van der Waals surface area contributed by atoms with Crippen LogP contribution in [0.15, 0.2) is 0 Å². The number of nitrogens with one attached hydrogen (secondary N) is 1. The Morgan fingerprint density at radius 2 is 1.95 bits per heavy atom. The van der Waals surface area contributed by atoms with E-state index in [2.05, 4.69) is 17.1 Å². The van der Waals surface area contributed by atoms with Gasteiger partial charge in [-0.15, -0.1) is 0 Å². The number of rotatable bonds is 7. The van der Waals surface area contributed by atoms with Crippen molar-refractivity contribution in [3.05, 3.63) is 0 Å². The summed E-state index contributed by atoms with van der Waals surface area (Å²) in [7, 11) is 0. The van der Waals surface area contributed by atoms with Gasteiger partial charge in [0.05, 0.1) is 6.61 Å². The van der Waals surface area contributed by atoms with Gasteiger partial charge in [0.25, 0.3) is 6.43 Å². The molecule has 1 N–H and O–H groups in total. The predicted octanol–water partition coefficient (Wildman–Crippen LogP) is 2.26. The molecule has 2 aliphatic heterocycles. The van der Waals surface area contributed by atoms with Gasteiger partial charge in [-0.3, -0.25) is 4.90 Å². The lowest BCUT2D eigenvalue weighted by atomic mass is 9.82. The summed E-state index contributed by atoms with van der Waals surface area (Å²) in [5.41, 5.74) is 0. The molecule has 0 spiro atoms. The summed E-state index contributed by atoms with van der Waals surface area (Å²) in [6.45, 7) is 4.00. The van der Waals surface area contributed by atoms with E-state index in [-0.39, 0.29) is 0 Å². The van der Waals surface area contributed by atoms with Crippen LogP contribution in [0.3, 0.4) is 0 Å². The molecule has 0 aromatic rings. The SMILES string of the molecule is CCNC1CC2CCCC(C1)N2CCOCC(F)F. The zero-order chi connectivity index (χ0) is 13.7. The third-order valence-corrected chi connectivity index (χ3v) is 4.36. The van der Waals surface area contributed by atoms with E-state index in [9.17, 15) is 8.78 Å². The van der Waals surface area contributed by atoms with Crippen LogP contribution in [-0.4, -0.2) is 55.8 Å². The van der Waals surface area contributed by atoms with E-state index in [0.717, 1.165) is 13.1 Å². The Balaban J connectivity index is 1.77. The first-order valence-electron chi connectivity index (χ1n) is 7.55. The van der Waals surface area contributed by atoms with Gasteiger partial charge < -0.3 is 10.1 Å². The van der Waals surface area contributed by atoms with E-state index in [0.29, 0.717) is 24.7 Å². The van der Waals surface area contributed by atoms with Crippen LogP contribution < -0.4 is 5.32 Å². The quantitative estimate of drug-likeness (QED) is 0.722. The van der Waals surface area contributed by atoms with E-state index in [4.69, 9.17) is 4.74 Å². The monoisotopic (exact) mass is 276 g/mol. The molecule has 19 heavy (non-hydrogen) atoms. The molecule has 112 valence electrons. The molecule has 2 bridgehead atoms. The van der Waals surface area contributed by atoms with Gasteiger partial charge in [-0.05, 0) is 32.2 Å². The highest BCUT2D eigenvalue weighted by atomic mass is 19.3. The molecular formula is C14H26F2N2O. The lowest BCUT2D eigenvalue weighted by Crippen LogP contribution is -2.56. The maximum atomic E-state index is 12.0. The average molecular weight is 276 g/mol. The molecule has 0 aromatic carbocycles. The summed E-state index contributed by atoms with van der Waals surface area (Å²) in [5, 5.41) is 3.56. The smallest absolute Gasteiger partial charge is 0.261 e. The fourth-order valence-corrected chi connectivity index (χ4v) is 3.64. The summed E-state index contributed by atoms with van der Waals surface area (Å²) in [4.78, 5) is 2.50. The summed E-state index contributed by atoms with van der Waals surface area (Å²) >= 11 is 0. The molecular weight excluding hydrogens is 250 g/mol. The number of alkyl halides is 2. The highest BCUT2D eigenvalue weighted by Crippen LogP contribution is 2.33. The van der Waals surface area contributed by atoms with E-state index < -0.39 is 13.0 Å². The van der Waals surface area contributed by atoms with Gasteiger partial charge in [-0.1, -0.05) is 13.3 Å². The molecule has 2 heterocycles. The number of fused-ring (bicyclic) bond motifs is 2.